The second kappa shape index (κ2) is 9.20. The number of aromatic nitrogens is 2. The molecule has 0 bridgehead atoms. The van der Waals surface area contributed by atoms with Crippen molar-refractivity contribution in [2.24, 2.45) is 5.92 Å². The summed E-state index contributed by atoms with van der Waals surface area (Å²) in [5, 5.41) is 14.0. The molecule has 0 aliphatic heterocycles. The van der Waals surface area contributed by atoms with Crippen LogP contribution in [0.25, 0.3) is 10.2 Å². The first-order valence-corrected chi connectivity index (χ1v) is 11.8. The van der Waals surface area contributed by atoms with Crippen LogP contribution >= 0.6 is 35.6 Å². The maximum atomic E-state index is 12.9. The van der Waals surface area contributed by atoms with Crippen LogP contribution < -0.4 is 11.1 Å². The maximum Gasteiger partial charge on any atom is 0.226 e. The minimum atomic E-state index is -0.0743. The van der Waals surface area contributed by atoms with E-state index in [1.807, 2.05) is 6.92 Å². The Morgan fingerprint density at radius 3 is 3.00 bits per heavy atom. The molecule has 1 amide bonds. The van der Waals surface area contributed by atoms with Gasteiger partial charge in [-0.25, -0.2) is 9.97 Å². The monoisotopic (exact) mass is 477 g/mol. The summed E-state index contributed by atoms with van der Waals surface area (Å²) in [7, 11) is 0. The van der Waals surface area contributed by atoms with E-state index in [1.165, 1.54) is 16.8 Å². The molecule has 10 heteroatoms. The van der Waals surface area contributed by atoms with Gasteiger partial charge in [-0.1, -0.05) is 11.6 Å². The van der Waals surface area contributed by atoms with Gasteiger partial charge in [0.15, 0.2) is 0 Å². The third-order valence-corrected chi connectivity index (χ3v) is 7.49. The third-order valence-electron chi connectivity index (χ3n) is 5.63. The summed E-state index contributed by atoms with van der Waals surface area (Å²) < 4.78 is 0. The van der Waals surface area contributed by atoms with Gasteiger partial charge in [0.25, 0.3) is 0 Å². The average molecular weight is 478 g/mol. The number of nitrogens with one attached hydrogen (secondary N) is 1. The highest BCUT2D eigenvalue weighted by molar-refractivity contribution is 7.80. The molecule has 0 saturated heterocycles. The van der Waals surface area contributed by atoms with Crippen LogP contribution in [0.5, 0.6) is 0 Å². The lowest BCUT2D eigenvalue weighted by Gasteiger charge is -2.28. The zero-order valence-electron chi connectivity index (χ0n) is 17.1. The number of anilines is 3. The molecule has 31 heavy (non-hydrogen) atoms. The molecule has 0 spiro atoms. The molecular formula is C21H24ClN5O2S2. The molecule has 1 aromatic carbocycles. The summed E-state index contributed by atoms with van der Waals surface area (Å²) in [6.45, 7) is 2.89. The highest BCUT2D eigenvalue weighted by Crippen LogP contribution is 2.41. The maximum absolute atomic E-state index is 12.9. The quantitative estimate of drug-likeness (QED) is 0.317. The molecule has 4 N–H and O–H groups in total. The van der Waals surface area contributed by atoms with Gasteiger partial charge in [-0.2, -0.15) is 0 Å². The first kappa shape index (κ1) is 22.1. The number of aryl methyl sites for hydroxylation is 1. The Balaban J connectivity index is 1.65. The molecular weight excluding hydrogens is 454 g/mol. The standard InChI is InChI=1S/C21H24ClN5O2S2/c1-2-27(5-6-28)21(29)11-3-4-12-17(7-11)31-20-18(12)19(24-10-25-20)26-15-9-16(30)14(23)8-13(15)22/h8-11,28,30H,2-7,23H2,1H3,(H,24,25,26). The number of aliphatic hydroxyl groups is 1. The zero-order valence-corrected chi connectivity index (χ0v) is 19.5. The number of fused-ring (bicyclic) bond motifs is 3. The van der Waals surface area contributed by atoms with Crippen LogP contribution in [0, 0.1) is 5.92 Å². The Bertz CT molecular complexity index is 1140. The number of thiophene rings is 1. The van der Waals surface area contributed by atoms with Crippen LogP contribution in [0.4, 0.5) is 17.2 Å². The van der Waals surface area contributed by atoms with E-state index in [1.54, 1.807) is 28.4 Å². The van der Waals surface area contributed by atoms with Gasteiger partial charge in [0.1, 0.15) is 17.0 Å². The van der Waals surface area contributed by atoms with Crippen molar-refractivity contribution in [3.63, 3.8) is 0 Å². The van der Waals surface area contributed by atoms with E-state index in [-0.39, 0.29) is 18.4 Å². The number of likely N-dealkylation sites (N-methyl/N-ethyl adjacent to an activating group) is 1. The third kappa shape index (κ3) is 4.32. The van der Waals surface area contributed by atoms with Crippen molar-refractivity contribution in [3.05, 3.63) is 33.9 Å². The number of benzene rings is 1. The Morgan fingerprint density at radius 1 is 1.45 bits per heavy atom. The van der Waals surface area contributed by atoms with E-state index in [0.717, 1.165) is 23.1 Å². The molecule has 2 aromatic heterocycles. The van der Waals surface area contributed by atoms with Gasteiger partial charge in [0.2, 0.25) is 5.91 Å². The van der Waals surface area contributed by atoms with E-state index in [2.05, 4.69) is 27.9 Å². The van der Waals surface area contributed by atoms with Crippen LogP contribution in [0.1, 0.15) is 23.8 Å². The molecule has 7 nitrogen and oxygen atoms in total. The number of hydrogen-bond donors (Lipinski definition) is 4. The van der Waals surface area contributed by atoms with Crippen LogP contribution in [0.15, 0.2) is 23.4 Å². The Kier molecular flexibility index (Phi) is 6.57. The van der Waals surface area contributed by atoms with Crippen molar-refractivity contribution >= 4 is 68.9 Å². The van der Waals surface area contributed by atoms with E-state index in [0.29, 0.717) is 46.6 Å². The number of aliphatic hydroxyl groups excluding tert-OH is 1. The minimum absolute atomic E-state index is 0.0211. The van der Waals surface area contributed by atoms with Crippen LogP contribution in [0.2, 0.25) is 5.02 Å². The van der Waals surface area contributed by atoms with Crippen LogP contribution in [-0.4, -0.2) is 45.6 Å². The summed E-state index contributed by atoms with van der Waals surface area (Å²) in [5.74, 6) is 0.718. The molecule has 3 aromatic rings. The zero-order chi connectivity index (χ0) is 22.1. The molecule has 0 fully saturated rings. The number of carbonyl (C=O) groups is 1. The molecule has 4 rings (SSSR count). The summed E-state index contributed by atoms with van der Waals surface area (Å²) in [4.78, 5) is 26.2. The van der Waals surface area contributed by atoms with Crippen molar-refractivity contribution in [1.29, 1.82) is 0 Å². The van der Waals surface area contributed by atoms with Gasteiger partial charge < -0.3 is 21.1 Å². The van der Waals surface area contributed by atoms with E-state index in [9.17, 15) is 9.90 Å². The summed E-state index contributed by atoms with van der Waals surface area (Å²) in [5.41, 5.74) is 8.25. The predicted molar refractivity (Wildman–Crippen MR) is 129 cm³/mol. The summed E-state index contributed by atoms with van der Waals surface area (Å²) >= 11 is 12.4. The van der Waals surface area contributed by atoms with Gasteiger partial charge in [-0.3, -0.25) is 4.79 Å². The number of amides is 1. The summed E-state index contributed by atoms with van der Waals surface area (Å²) in [6, 6.07) is 3.44. The minimum Gasteiger partial charge on any atom is -0.398 e. The fourth-order valence-electron chi connectivity index (χ4n) is 4.02. The lowest BCUT2D eigenvalue weighted by atomic mass is 9.87. The molecule has 1 atom stereocenters. The predicted octanol–water partition coefficient (Wildman–Crippen LogP) is 3.90. The lowest BCUT2D eigenvalue weighted by molar-refractivity contribution is -0.136. The largest absolute Gasteiger partial charge is 0.398 e. The highest BCUT2D eigenvalue weighted by Gasteiger charge is 2.31. The van der Waals surface area contributed by atoms with E-state index < -0.39 is 0 Å². The molecule has 1 aliphatic carbocycles. The molecule has 0 saturated carbocycles. The fourth-order valence-corrected chi connectivity index (χ4v) is 5.70. The van der Waals surface area contributed by atoms with Crippen molar-refractivity contribution in [3.8, 4) is 0 Å². The molecule has 164 valence electrons. The van der Waals surface area contributed by atoms with E-state index >= 15 is 0 Å². The van der Waals surface area contributed by atoms with Gasteiger partial charge in [0, 0.05) is 34.5 Å². The number of rotatable bonds is 6. The van der Waals surface area contributed by atoms with Gasteiger partial charge in [-0.15, -0.1) is 24.0 Å². The van der Waals surface area contributed by atoms with Crippen molar-refractivity contribution < 1.29 is 9.90 Å². The first-order chi connectivity index (χ1) is 14.9. The SMILES string of the molecule is CCN(CCO)C(=O)C1CCc2c(sc3ncnc(Nc4cc(S)c(N)cc4Cl)c23)C1. The van der Waals surface area contributed by atoms with Crippen LogP contribution in [-0.2, 0) is 17.6 Å². The molecule has 1 unspecified atom stereocenters. The van der Waals surface area contributed by atoms with Gasteiger partial charge >= 0.3 is 0 Å². The number of carbonyl (C=O) groups excluding carboxylic acids is 1. The fraction of sp³-hybridized carbons (Fsp3) is 0.381. The number of hydrogen-bond acceptors (Lipinski definition) is 8. The molecule has 2 heterocycles. The number of thiol groups is 1. The number of nitrogens with zero attached hydrogens (tertiary/aromatic N) is 3. The summed E-state index contributed by atoms with van der Waals surface area (Å²) in [6.07, 6.45) is 3.75. The normalized spacial score (nSPS) is 15.7. The second-order valence-corrected chi connectivity index (χ2v) is 9.48. The van der Waals surface area contributed by atoms with E-state index in [4.69, 9.17) is 17.3 Å². The van der Waals surface area contributed by atoms with Crippen molar-refractivity contribution in [2.75, 3.05) is 30.7 Å². The average Bonchev–Trinajstić information content (AvgIpc) is 3.14. The Labute approximate surface area is 195 Å². The van der Waals surface area contributed by atoms with Crippen LogP contribution in [0.3, 0.4) is 0 Å². The molecule has 0 radical (unpaired) electrons. The molecule has 1 aliphatic rings. The van der Waals surface area contributed by atoms with Crippen molar-refractivity contribution in [2.45, 2.75) is 31.1 Å². The number of halogens is 1. The Hall–Kier alpha value is -2.07. The first-order valence-electron chi connectivity index (χ1n) is 10.1. The second-order valence-electron chi connectivity index (χ2n) is 7.50. The lowest BCUT2D eigenvalue weighted by Crippen LogP contribution is -2.39. The topological polar surface area (TPSA) is 104 Å². The smallest absolute Gasteiger partial charge is 0.226 e. The number of nitrogens with two attached hydrogens (primary N) is 1. The van der Waals surface area contributed by atoms with Gasteiger partial charge in [-0.05, 0) is 43.9 Å². The van der Waals surface area contributed by atoms with Gasteiger partial charge in [0.05, 0.1) is 22.7 Å². The highest BCUT2D eigenvalue weighted by atomic mass is 35.5. The Morgan fingerprint density at radius 2 is 2.26 bits per heavy atom. The van der Waals surface area contributed by atoms with Crippen molar-refractivity contribution in [1.82, 2.24) is 14.9 Å². The number of nitrogen functional groups attached to an aromatic ring is 1.